The number of hydrogen-bond donors (Lipinski definition) is 0. The van der Waals surface area contributed by atoms with E-state index in [0.29, 0.717) is 37.3 Å². The number of carbonyl (C=O) groups is 2. The van der Waals surface area contributed by atoms with Crippen LogP contribution in [0.4, 0.5) is 5.82 Å². The molecular weight excluding hydrogens is 340 g/mol. The molecule has 0 bridgehead atoms. The van der Waals surface area contributed by atoms with Gasteiger partial charge in [-0.3, -0.25) is 9.59 Å². The minimum atomic E-state index is -0.0350. The number of piperazine rings is 1. The van der Waals surface area contributed by atoms with Crippen molar-refractivity contribution >= 4 is 17.6 Å². The van der Waals surface area contributed by atoms with Crippen LogP contribution in [0.2, 0.25) is 0 Å². The van der Waals surface area contributed by atoms with E-state index in [9.17, 15) is 9.59 Å². The summed E-state index contributed by atoms with van der Waals surface area (Å²) in [5.74, 6) is 0.810. The highest BCUT2D eigenvalue weighted by atomic mass is 16.2. The van der Waals surface area contributed by atoms with E-state index in [1.807, 2.05) is 54.2 Å². The third kappa shape index (κ3) is 4.27. The molecule has 0 N–H and O–H groups in total. The van der Waals surface area contributed by atoms with E-state index in [-0.39, 0.29) is 11.8 Å². The Balaban J connectivity index is 1.59. The second-order valence-corrected chi connectivity index (χ2v) is 6.93. The van der Waals surface area contributed by atoms with E-state index >= 15 is 0 Å². The maximum absolute atomic E-state index is 12.7. The molecular formula is C21H26N4O2. The first-order valence-electron chi connectivity index (χ1n) is 9.30. The molecule has 1 aliphatic rings. The fraction of sp³-hybridized carbons (Fsp3) is 0.381. The van der Waals surface area contributed by atoms with Crippen LogP contribution < -0.4 is 4.90 Å². The first-order chi connectivity index (χ1) is 13.0. The van der Waals surface area contributed by atoms with Crippen LogP contribution >= 0.6 is 0 Å². The number of aryl methyl sites for hydroxylation is 1. The van der Waals surface area contributed by atoms with Gasteiger partial charge in [-0.05, 0) is 36.2 Å². The second-order valence-electron chi connectivity index (χ2n) is 6.93. The Hall–Kier alpha value is -2.89. The zero-order valence-electron chi connectivity index (χ0n) is 16.2. The van der Waals surface area contributed by atoms with Crippen LogP contribution in [0.3, 0.4) is 0 Å². The van der Waals surface area contributed by atoms with Crippen molar-refractivity contribution in [1.82, 2.24) is 14.8 Å². The molecule has 0 aliphatic carbocycles. The Bertz CT molecular complexity index is 792. The molecule has 1 aromatic heterocycles. The van der Waals surface area contributed by atoms with Crippen LogP contribution in [0.15, 0.2) is 42.6 Å². The van der Waals surface area contributed by atoms with Crippen LogP contribution in [0.5, 0.6) is 0 Å². The molecule has 0 spiro atoms. The average molecular weight is 366 g/mol. The lowest BCUT2D eigenvalue weighted by molar-refractivity contribution is 0.0535. The third-order valence-corrected chi connectivity index (χ3v) is 4.92. The Morgan fingerprint density at radius 2 is 1.41 bits per heavy atom. The molecule has 0 saturated carbocycles. The van der Waals surface area contributed by atoms with E-state index in [4.69, 9.17) is 0 Å². The number of amides is 2. The SMILES string of the molecule is CCc1ccc(C(=O)N2CCN(C(=O)c3ccc(N(C)C)nc3)CC2)cc1. The van der Waals surface area contributed by atoms with Gasteiger partial charge in [0.15, 0.2) is 0 Å². The van der Waals surface area contributed by atoms with E-state index in [2.05, 4.69) is 11.9 Å². The average Bonchev–Trinajstić information content (AvgIpc) is 2.73. The molecule has 142 valence electrons. The van der Waals surface area contributed by atoms with Gasteiger partial charge in [-0.15, -0.1) is 0 Å². The third-order valence-electron chi connectivity index (χ3n) is 4.92. The number of carbonyl (C=O) groups excluding carboxylic acids is 2. The second kappa shape index (κ2) is 8.20. The van der Waals surface area contributed by atoms with Crippen molar-refractivity contribution in [2.75, 3.05) is 45.2 Å². The molecule has 0 atom stereocenters. The van der Waals surface area contributed by atoms with Gasteiger partial charge in [-0.2, -0.15) is 0 Å². The lowest BCUT2D eigenvalue weighted by Crippen LogP contribution is -2.50. The Kier molecular flexibility index (Phi) is 5.74. The lowest BCUT2D eigenvalue weighted by atomic mass is 10.1. The van der Waals surface area contributed by atoms with Gasteiger partial charge in [0.05, 0.1) is 5.56 Å². The van der Waals surface area contributed by atoms with Crippen molar-refractivity contribution in [3.63, 3.8) is 0 Å². The number of pyridine rings is 1. The van der Waals surface area contributed by atoms with Gasteiger partial charge in [-0.1, -0.05) is 19.1 Å². The lowest BCUT2D eigenvalue weighted by Gasteiger charge is -2.34. The number of aromatic nitrogens is 1. The van der Waals surface area contributed by atoms with Crippen LogP contribution in [0, 0.1) is 0 Å². The van der Waals surface area contributed by atoms with Gasteiger partial charge in [0.2, 0.25) is 0 Å². The molecule has 2 aromatic rings. The number of anilines is 1. The Labute approximate surface area is 160 Å². The van der Waals surface area contributed by atoms with Crippen LogP contribution in [-0.2, 0) is 6.42 Å². The monoisotopic (exact) mass is 366 g/mol. The normalized spacial score (nSPS) is 14.2. The summed E-state index contributed by atoms with van der Waals surface area (Å²) in [5, 5.41) is 0. The molecule has 1 aliphatic heterocycles. The van der Waals surface area contributed by atoms with Crippen LogP contribution in [0.1, 0.15) is 33.2 Å². The fourth-order valence-corrected chi connectivity index (χ4v) is 3.14. The van der Waals surface area contributed by atoms with Crippen molar-refractivity contribution in [1.29, 1.82) is 0 Å². The maximum Gasteiger partial charge on any atom is 0.255 e. The number of rotatable bonds is 4. The quantitative estimate of drug-likeness (QED) is 0.833. The topological polar surface area (TPSA) is 56.8 Å². The van der Waals surface area contributed by atoms with Crippen LogP contribution in [-0.4, -0.2) is 66.9 Å². The van der Waals surface area contributed by atoms with Crippen molar-refractivity contribution in [3.8, 4) is 0 Å². The first-order valence-corrected chi connectivity index (χ1v) is 9.30. The van der Waals surface area contributed by atoms with E-state index in [1.54, 1.807) is 17.2 Å². The van der Waals surface area contributed by atoms with E-state index in [1.165, 1.54) is 5.56 Å². The molecule has 6 heteroatoms. The number of benzene rings is 1. The predicted octanol–water partition coefficient (Wildman–Crippen LogP) is 2.31. The number of nitrogens with zero attached hydrogens (tertiary/aromatic N) is 4. The summed E-state index contributed by atoms with van der Waals surface area (Å²) in [4.78, 5) is 35.1. The summed E-state index contributed by atoms with van der Waals surface area (Å²) >= 11 is 0. The molecule has 0 unspecified atom stereocenters. The summed E-state index contributed by atoms with van der Waals surface area (Å²) in [6.07, 6.45) is 2.57. The molecule has 2 amide bonds. The summed E-state index contributed by atoms with van der Waals surface area (Å²) in [6.45, 7) is 4.25. The summed E-state index contributed by atoms with van der Waals surface area (Å²) in [7, 11) is 3.83. The van der Waals surface area contributed by atoms with Gasteiger partial charge in [-0.25, -0.2) is 4.98 Å². The molecule has 1 aromatic carbocycles. The maximum atomic E-state index is 12.7. The predicted molar refractivity (Wildman–Crippen MR) is 106 cm³/mol. The summed E-state index contributed by atoms with van der Waals surface area (Å²) in [5.41, 5.74) is 2.50. The smallest absolute Gasteiger partial charge is 0.255 e. The minimum absolute atomic E-state index is 0.0294. The minimum Gasteiger partial charge on any atom is -0.363 e. The standard InChI is InChI=1S/C21H26N4O2/c1-4-16-5-7-17(8-6-16)20(26)24-11-13-25(14-12-24)21(27)18-9-10-19(22-15-18)23(2)3/h5-10,15H,4,11-14H2,1-3H3. The van der Waals surface area contributed by atoms with Crippen molar-refractivity contribution in [2.24, 2.45) is 0 Å². The van der Waals surface area contributed by atoms with E-state index in [0.717, 1.165) is 12.2 Å². The molecule has 1 saturated heterocycles. The summed E-state index contributed by atoms with van der Waals surface area (Å²) < 4.78 is 0. The van der Waals surface area contributed by atoms with Crippen molar-refractivity contribution < 1.29 is 9.59 Å². The Morgan fingerprint density at radius 3 is 1.85 bits per heavy atom. The van der Waals surface area contributed by atoms with Gasteiger partial charge >= 0.3 is 0 Å². The Morgan fingerprint density at radius 1 is 0.889 bits per heavy atom. The van der Waals surface area contributed by atoms with Gasteiger partial charge in [0, 0.05) is 52.0 Å². The largest absolute Gasteiger partial charge is 0.363 e. The highest BCUT2D eigenvalue weighted by Crippen LogP contribution is 2.14. The van der Waals surface area contributed by atoms with Crippen molar-refractivity contribution in [2.45, 2.75) is 13.3 Å². The van der Waals surface area contributed by atoms with Gasteiger partial charge in [0.25, 0.3) is 11.8 Å². The molecule has 6 nitrogen and oxygen atoms in total. The molecule has 1 fully saturated rings. The van der Waals surface area contributed by atoms with Crippen molar-refractivity contribution in [3.05, 3.63) is 59.3 Å². The first kappa shape index (κ1) is 18.9. The highest BCUT2D eigenvalue weighted by molar-refractivity contribution is 5.96. The van der Waals surface area contributed by atoms with Gasteiger partial charge < -0.3 is 14.7 Å². The molecule has 27 heavy (non-hydrogen) atoms. The molecule has 2 heterocycles. The zero-order chi connectivity index (χ0) is 19.4. The zero-order valence-corrected chi connectivity index (χ0v) is 16.2. The van der Waals surface area contributed by atoms with E-state index < -0.39 is 0 Å². The van der Waals surface area contributed by atoms with Gasteiger partial charge in [0.1, 0.15) is 5.82 Å². The fourth-order valence-electron chi connectivity index (χ4n) is 3.14. The van der Waals surface area contributed by atoms with Crippen LogP contribution in [0.25, 0.3) is 0 Å². The molecule has 0 radical (unpaired) electrons. The highest BCUT2D eigenvalue weighted by Gasteiger charge is 2.25. The summed E-state index contributed by atoms with van der Waals surface area (Å²) in [6, 6.07) is 11.4. The number of hydrogen-bond acceptors (Lipinski definition) is 4. The molecule has 3 rings (SSSR count).